The normalized spacial score (nSPS) is 11.2. The highest BCUT2D eigenvalue weighted by atomic mass is 35.5. The number of nitro groups is 1. The van der Waals surface area contributed by atoms with E-state index in [2.05, 4.69) is 25.7 Å². The van der Waals surface area contributed by atoms with Crippen LogP contribution >= 0.6 is 23.4 Å². The van der Waals surface area contributed by atoms with Crippen molar-refractivity contribution < 1.29 is 14.1 Å². The first-order chi connectivity index (χ1) is 17.5. The van der Waals surface area contributed by atoms with E-state index in [1.165, 1.54) is 12.3 Å². The van der Waals surface area contributed by atoms with Gasteiger partial charge in [0, 0.05) is 27.6 Å². The molecule has 10 nitrogen and oxygen atoms in total. The summed E-state index contributed by atoms with van der Waals surface area (Å²) < 4.78 is 5.49. The lowest BCUT2D eigenvalue weighted by Crippen LogP contribution is -2.16. The predicted molar refractivity (Wildman–Crippen MR) is 135 cm³/mol. The summed E-state index contributed by atoms with van der Waals surface area (Å²) in [6.07, 6.45) is 1.30. The maximum absolute atomic E-state index is 12.3. The molecule has 178 valence electrons. The summed E-state index contributed by atoms with van der Waals surface area (Å²) in [5, 5.41) is 24.1. The fourth-order valence-corrected chi connectivity index (χ4v) is 4.29. The van der Waals surface area contributed by atoms with Crippen LogP contribution in [0.25, 0.3) is 22.4 Å². The number of hydrogen-bond acceptors (Lipinski definition) is 8. The number of benzene rings is 3. The number of carbonyl (C=O) groups excluding carboxylic acids is 1. The zero-order valence-corrected chi connectivity index (χ0v) is 19.8. The second-order valence-corrected chi connectivity index (χ2v) is 8.86. The maximum atomic E-state index is 12.3. The van der Waals surface area contributed by atoms with E-state index in [9.17, 15) is 14.9 Å². The van der Waals surface area contributed by atoms with Gasteiger partial charge in [0.25, 0.3) is 5.69 Å². The van der Waals surface area contributed by atoms with Crippen molar-refractivity contribution in [3.8, 4) is 11.4 Å². The summed E-state index contributed by atoms with van der Waals surface area (Å²) in [5.41, 5.74) is 3.99. The fraction of sp³-hybridized carbons (Fsp3) is 0. The summed E-state index contributed by atoms with van der Waals surface area (Å²) in [5.74, 6) is 0.0513. The van der Waals surface area contributed by atoms with Gasteiger partial charge in [-0.2, -0.15) is 5.10 Å². The fourth-order valence-electron chi connectivity index (χ4n) is 3.31. The molecule has 0 spiro atoms. The third-order valence-electron chi connectivity index (χ3n) is 4.97. The molecule has 0 fully saturated rings. The van der Waals surface area contributed by atoms with Crippen molar-refractivity contribution in [2.75, 3.05) is 0 Å². The van der Waals surface area contributed by atoms with Gasteiger partial charge in [-0.3, -0.25) is 20.0 Å². The summed E-state index contributed by atoms with van der Waals surface area (Å²) in [4.78, 5) is 28.3. The Morgan fingerprint density at radius 3 is 2.78 bits per heavy atom. The molecule has 0 aliphatic rings. The first kappa shape index (κ1) is 23.3. The molecule has 0 saturated carbocycles. The third kappa shape index (κ3) is 5.11. The van der Waals surface area contributed by atoms with Crippen LogP contribution in [0, 0.1) is 10.1 Å². The van der Waals surface area contributed by atoms with Crippen molar-refractivity contribution in [2.24, 2.45) is 5.10 Å². The number of hydrazone groups is 1. The third-order valence-corrected chi connectivity index (χ3v) is 6.14. The van der Waals surface area contributed by atoms with Crippen LogP contribution in [0.5, 0.6) is 0 Å². The number of furan rings is 1. The summed E-state index contributed by atoms with van der Waals surface area (Å²) in [6, 6.07) is 20.5. The van der Waals surface area contributed by atoms with Crippen molar-refractivity contribution in [3.05, 3.63) is 99.3 Å². The second-order valence-electron chi connectivity index (χ2n) is 7.41. The molecule has 1 amide bonds. The Balaban J connectivity index is 1.29. The molecule has 3 aromatic carbocycles. The molecule has 5 aromatic rings. The van der Waals surface area contributed by atoms with E-state index in [1.54, 1.807) is 36.4 Å². The van der Waals surface area contributed by atoms with E-state index in [0.29, 0.717) is 37.4 Å². The molecule has 5 rings (SSSR count). The van der Waals surface area contributed by atoms with E-state index in [-0.39, 0.29) is 11.4 Å². The molecule has 0 aliphatic carbocycles. The van der Waals surface area contributed by atoms with E-state index in [4.69, 9.17) is 16.0 Å². The summed E-state index contributed by atoms with van der Waals surface area (Å²) in [6.45, 7) is 0. The van der Waals surface area contributed by atoms with Gasteiger partial charge in [-0.25, -0.2) is 10.4 Å². The van der Waals surface area contributed by atoms with Crippen molar-refractivity contribution in [1.29, 1.82) is 0 Å². The number of hydrogen-bond donors (Lipinski definition) is 2. The number of carbonyl (C=O) groups is 1. The zero-order valence-electron chi connectivity index (χ0n) is 18.2. The molecule has 36 heavy (non-hydrogen) atoms. The van der Waals surface area contributed by atoms with Gasteiger partial charge in [-0.05, 0) is 42.1 Å². The Hall–Kier alpha value is -4.48. The quantitative estimate of drug-likeness (QED) is 0.160. The number of H-pyrrole nitrogens is 1. The van der Waals surface area contributed by atoms with Gasteiger partial charge in [-0.15, -0.1) is 5.10 Å². The van der Waals surface area contributed by atoms with Gasteiger partial charge in [0.1, 0.15) is 5.58 Å². The average molecular weight is 519 g/mol. The van der Waals surface area contributed by atoms with Crippen LogP contribution in [0.3, 0.4) is 0 Å². The number of nitrogens with one attached hydrogen (secondary N) is 2. The molecule has 0 bridgehead atoms. The first-order valence-corrected chi connectivity index (χ1v) is 11.6. The highest BCUT2D eigenvalue weighted by Crippen LogP contribution is 2.34. The smallest absolute Gasteiger partial charge is 0.307 e. The SMILES string of the molecule is O=C(N/N=C/c1ccc(Sc2n[nH]c(-c3ccccc3)n2)c([N+](=O)[O-])c1)c1cc2cc(Cl)ccc2o1. The molecule has 0 atom stereocenters. The Labute approximate surface area is 212 Å². The molecule has 0 radical (unpaired) electrons. The van der Waals surface area contributed by atoms with Gasteiger partial charge in [0.15, 0.2) is 11.6 Å². The van der Waals surface area contributed by atoms with Crippen LogP contribution in [-0.4, -0.2) is 32.2 Å². The number of nitro benzene ring substituents is 1. The van der Waals surface area contributed by atoms with Crippen molar-refractivity contribution in [1.82, 2.24) is 20.6 Å². The van der Waals surface area contributed by atoms with Crippen molar-refractivity contribution in [2.45, 2.75) is 10.1 Å². The van der Waals surface area contributed by atoms with Crippen LogP contribution < -0.4 is 5.43 Å². The number of halogens is 1. The number of rotatable bonds is 7. The Morgan fingerprint density at radius 1 is 1.14 bits per heavy atom. The Bertz CT molecular complexity index is 1620. The standard InChI is InChI=1S/C24H15ClN6O4S/c25-17-7-8-19-16(11-17)12-20(35-19)23(32)29-26-13-14-6-9-21(18(10-14)31(33)34)36-24-27-22(28-30-24)15-4-2-1-3-5-15/h1-13H,(H,29,32)(H,27,28,30)/b26-13+. The van der Waals surface area contributed by atoms with E-state index in [1.807, 2.05) is 30.3 Å². The minimum Gasteiger partial charge on any atom is -0.451 e. The van der Waals surface area contributed by atoms with Crippen LogP contribution in [-0.2, 0) is 0 Å². The molecule has 12 heteroatoms. The first-order valence-electron chi connectivity index (χ1n) is 10.4. The molecular formula is C24H15ClN6O4S. The van der Waals surface area contributed by atoms with Crippen LogP contribution in [0.1, 0.15) is 16.1 Å². The number of fused-ring (bicyclic) bond motifs is 1. The maximum Gasteiger partial charge on any atom is 0.307 e. The monoisotopic (exact) mass is 518 g/mol. The summed E-state index contributed by atoms with van der Waals surface area (Å²) >= 11 is 7.02. The van der Waals surface area contributed by atoms with Gasteiger partial charge in [0.2, 0.25) is 5.16 Å². The van der Waals surface area contributed by atoms with E-state index < -0.39 is 10.8 Å². The minimum absolute atomic E-state index is 0.0588. The average Bonchev–Trinajstić information content (AvgIpc) is 3.52. The van der Waals surface area contributed by atoms with Crippen molar-refractivity contribution in [3.63, 3.8) is 0 Å². The van der Waals surface area contributed by atoms with E-state index in [0.717, 1.165) is 17.3 Å². The molecule has 0 saturated heterocycles. The van der Waals surface area contributed by atoms with Crippen LogP contribution in [0.15, 0.2) is 92.4 Å². The van der Waals surface area contributed by atoms with E-state index >= 15 is 0 Å². The largest absolute Gasteiger partial charge is 0.451 e. The Kier molecular flexibility index (Phi) is 6.48. The number of amides is 1. The summed E-state index contributed by atoms with van der Waals surface area (Å²) in [7, 11) is 0. The lowest BCUT2D eigenvalue weighted by Gasteiger charge is -2.01. The molecule has 2 N–H and O–H groups in total. The molecule has 2 aromatic heterocycles. The predicted octanol–water partition coefficient (Wildman–Crippen LogP) is 5.69. The molecule has 0 aliphatic heterocycles. The van der Waals surface area contributed by atoms with Crippen molar-refractivity contribution >= 4 is 52.1 Å². The second kappa shape index (κ2) is 10.0. The highest BCUT2D eigenvalue weighted by molar-refractivity contribution is 7.99. The zero-order chi connectivity index (χ0) is 25.1. The topological polar surface area (TPSA) is 139 Å². The number of nitrogens with zero attached hydrogens (tertiary/aromatic N) is 4. The molecule has 0 unspecified atom stereocenters. The van der Waals surface area contributed by atoms with Gasteiger partial charge >= 0.3 is 5.91 Å². The van der Waals surface area contributed by atoms with Gasteiger partial charge in [-0.1, -0.05) is 48.0 Å². The van der Waals surface area contributed by atoms with Crippen LogP contribution in [0.4, 0.5) is 5.69 Å². The lowest BCUT2D eigenvalue weighted by atomic mass is 10.2. The molecule has 2 heterocycles. The van der Waals surface area contributed by atoms with Gasteiger partial charge in [0.05, 0.1) is 16.0 Å². The lowest BCUT2D eigenvalue weighted by molar-refractivity contribution is -0.387. The van der Waals surface area contributed by atoms with Gasteiger partial charge < -0.3 is 4.42 Å². The highest BCUT2D eigenvalue weighted by Gasteiger charge is 2.18. The minimum atomic E-state index is -0.570. The van der Waals surface area contributed by atoms with Crippen LogP contribution in [0.2, 0.25) is 5.02 Å². The number of aromatic amines is 1. The Morgan fingerprint density at radius 2 is 1.97 bits per heavy atom. The molecular weight excluding hydrogens is 504 g/mol. The number of aromatic nitrogens is 3.